The van der Waals surface area contributed by atoms with Crippen LogP contribution < -0.4 is 5.32 Å². The molecule has 0 spiro atoms. The highest BCUT2D eigenvalue weighted by Crippen LogP contribution is 1.91. The first-order valence-electron chi connectivity index (χ1n) is 3.12. The van der Waals surface area contributed by atoms with Crippen molar-refractivity contribution in [3.05, 3.63) is 18.4 Å². The van der Waals surface area contributed by atoms with E-state index in [-0.39, 0.29) is 6.61 Å². The average Bonchev–Trinajstić information content (AvgIpc) is 2.41. The van der Waals surface area contributed by atoms with Gasteiger partial charge in [0.15, 0.2) is 6.39 Å². The molecule has 1 aromatic rings. The summed E-state index contributed by atoms with van der Waals surface area (Å²) >= 11 is 0. The highest BCUT2D eigenvalue weighted by atomic mass is 16.3. The molecule has 0 saturated carbocycles. The first-order chi connectivity index (χ1) is 4.93. The number of aliphatic hydroxyl groups excluding tert-OH is 1. The van der Waals surface area contributed by atoms with E-state index in [1.54, 1.807) is 6.26 Å². The minimum Gasteiger partial charge on any atom is -0.451 e. The molecular weight excluding hydrogens is 132 g/mol. The Labute approximate surface area is 58.9 Å². The Balaban J connectivity index is 2.15. The Bertz CT molecular complexity index is 162. The van der Waals surface area contributed by atoms with Crippen molar-refractivity contribution in [3.8, 4) is 0 Å². The Morgan fingerprint density at radius 3 is 3.20 bits per heavy atom. The van der Waals surface area contributed by atoms with E-state index >= 15 is 0 Å². The van der Waals surface area contributed by atoms with Gasteiger partial charge in [0, 0.05) is 13.1 Å². The molecule has 0 saturated heterocycles. The zero-order valence-corrected chi connectivity index (χ0v) is 5.58. The van der Waals surface area contributed by atoms with Gasteiger partial charge in [0.25, 0.3) is 0 Å². The van der Waals surface area contributed by atoms with Crippen molar-refractivity contribution in [1.29, 1.82) is 0 Å². The van der Waals surface area contributed by atoms with Gasteiger partial charge in [-0.05, 0) is 0 Å². The topological polar surface area (TPSA) is 58.3 Å². The van der Waals surface area contributed by atoms with Crippen molar-refractivity contribution in [2.75, 3.05) is 13.2 Å². The van der Waals surface area contributed by atoms with E-state index in [1.807, 2.05) is 0 Å². The second-order valence-corrected chi connectivity index (χ2v) is 1.88. The van der Waals surface area contributed by atoms with E-state index < -0.39 is 0 Å². The summed E-state index contributed by atoms with van der Waals surface area (Å²) in [6.45, 7) is 1.39. The molecule has 0 aromatic carbocycles. The fourth-order valence-corrected chi connectivity index (χ4v) is 0.620. The SMILES string of the molecule is OCCNCc1cocn1. The van der Waals surface area contributed by atoms with E-state index in [0.717, 1.165) is 5.69 Å². The summed E-state index contributed by atoms with van der Waals surface area (Å²) in [5.74, 6) is 0. The molecule has 1 heterocycles. The molecule has 0 bridgehead atoms. The molecule has 0 amide bonds. The summed E-state index contributed by atoms with van der Waals surface area (Å²) in [5.41, 5.74) is 0.855. The van der Waals surface area contributed by atoms with Gasteiger partial charge in [0.05, 0.1) is 12.3 Å². The minimum absolute atomic E-state index is 0.151. The normalized spacial score (nSPS) is 10.1. The molecule has 0 fully saturated rings. The quantitative estimate of drug-likeness (QED) is 0.569. The van der Waals surface area contributed by atoms with Gasteiger partial charge in [-0.15, -0.1) is 0 Å². The predicted molar refractivity (Wildman–Crippen MR) is 35.3 cm³/mol. The van der Waals surface area contributed by atoms with Crippen LogP contribution in [-0.4, -0.2) is 23.2 Å². The van der Waals surface area contributed by atoms with Crippen LogP contribution in [0.4, 0.5) is 0 Å². The van der Waals surface area contributed by atoms with E-state index in [4.69, 9.17) is 9.52 Å². The van der Waals surface area contributed by atoms with Gasteiger partial charge in [-0.25, -0.2) is 4.98 Å². The van der Waals surface area contributed by atoms with E-state index in [2.05, 4.69) is 10.3 Å². The molecule has 10 heavy (non-hydrogen) atoms. The number of nitrogens with zero attached hydrogens (tertiary/aromatic N) is 1. The average molecular weight is 142 g/mol. The molecule has 0 aliphatic heterocycles. The van der Waals surface area contributed by atoms with Crippen LogP contribution in [0.1, 0.15) is 5.69 Å². The van der Waals surface area contributed by atoms with E-state index in [0.29, 0.717) is 13.1 Å². The molecule has 0 aliphatic carbocycles. The van der Waals surface area contributed by atoms with Crippen LogP contribution in [0.25, 0.3) is 0 Å². The minimum atomic E-state index is 0.151. The van der Waals surface area contributed by atoms with Crippen molar-refractivity contribution in [2.24, 2.45) is 0 Å². The highest BCUT2D eigenvalue weighted by molar-refractivity contribution is 4.89. The number of hydrogen-bond acceptors (Lipinski definition) is 4. The lowest BCUT2D eigenvalue weighted by Crippen LogP contribution is -2.17. The zero-order valence-electron chi connectivity index (χ0n) is 5.58. The second kappa shape index (κ2) is 4.03. The molecule has 0 aliphatic rings. The van der Waals surface area contributed by atoms with Gasteiger partial charge >= 0.3 is 0 Å². The lowest BCUT2D eigenvalue weighted by molar-refractivity contribution is 0.291. The van der Waals surface area contributed by atoms with Crippen LogP contribution in [0.3, 0.4) is 0 Å². The Morgan fingerprint density at radius 1 is 1.70 bits per heavy atom. The Kier molecular flexibility index (Phi) is 2.92. The van der Waals surface area contributed by atoms with Gasteiger partial charge in [0.2, 0.25) is 0 Å². The number of rotatable bonds is 4. The molecule has 2 N–H and O–H groups in total. The van der Waals surface area contributed by atoms with Gasteiger partial charge in [-0.3, -0.25) is 0 Å². The van der Waals surface area contributed by atoms with Crippen LogP contribution in [0, 0.1) is 0 Å². The summed E-state index contributed by atoms with van der Waals surface area (Å²) in [5, 5.41) is 11.4. The van der Waals surface area contributed by atoms with Gasteiger partial charge in [-0.1, -0.05) is 0 Å². The molecule has 0 radical (unpaired) electrons. The summed E-state index contributed by atoms with van der Waals surface area (Å²) in [6.07, 6.45) is 2.96. The fourth-order valence-electron chi connectivity index (χ4n) is 0.620. The van der Waals surface area contributed by atoms with Gasteiger partial charge in [0.1, 0.15) is 6.26 Å². The molecule has 0 atom stereocenters. The summed E-state index contributed by atoms with van der Waals surface area (Å²) in [7, 11) is 0. The number of nitrogens with one attached hydrogen (secondary N) is 1. The smallest absolute Gasteiger partial charge is 0.180 e. The zero-order chi connectivity index (χ0) is 7.23. The lowest BCUT2D eigenvalue weighted by atomic mass is 10.5. The Hall–Kier alpha value is -0.870. The third kappa shape index (κ3) is 2.16. The molecule has 4 heteroatoms. The van der Waals surface area contributed by atoms with Gasteiger partial charge in [-0.2, -0.15) is 0 Å². The van der Waals surface area contributed by atoms with Crippen molar-refractivity contribution < 1.29 is 9.52 Å². The second-order valence-electron chi connectivity index (χ2n) is 1.88. The Morgan fingerprint density at radius 2 is 2.60 bits per heavy atom. The maximum absolute atomic E-state index is 8.39. The first-order valence-corrected chi connectivity index (χ1v) is 3.12. The standard InChI is InChI=1S/C6H10N2O2/c9-2-1-7-3-6-4-10-5-8-6/h4-5,7,9H,1-3H2. The monoisotopic (exact) mass is 142 g/mol. The van der Waals surface area contributed by atoms with Crippen molar-refractivity contribution >= 4 is 0 Å². The summed E-state index contributed by atoms with van der Waals surface area (Å²) in [6, 6.07) is 0. The lowest BCUT2D eigenvalue weighted by Gasteiger charge is -1.95. The van der Waals surface area contributed by atoms with Crippen LogP contribution in [0.5, 0.6) is 0 Å². The molecule has 1 rings (SSSR count). The maximum atomic E-state index is 8.39. The number of hydrogen-bond donors (Lipinski definition) is 2. The van der Waals surface area contributed by atoms with Crippen LogP contribution in [0.2, 0.25) is 0 Å². The third-order valence-electron chi connectivity index (χ3n) is 1.08. The van der Waals surface area contributed by atoms with Crippen LogP contribution in [-0.2, 0) is 6.54 Å². The predicted octanol–water partition coefficient (Wildman–Crippen LogP) is -0.244. The van der Waals surface area contributed by atoms with Crippen molar-refractivity contribution in [1.82, 2.24) is 10.3 Å². The summed E-state index contributed by atoms with van der Waals surface area (Å²) in [4.78, 5) is 3.88. The van der Waals surface area contributed by atoms with Gasteiger partial charge < -0.3 is 14.8 Å². The molecule has 1 aromatic heterocycles. The van der Waals surface area contributed by atoms with Crippen molar-refractivity contribution in [2.45, 2.75) is 6.54 Å². The molecule has 0 unspecified atom stereocenters. The maximum Gasteiger partial charge on any atom is 0.180 e. The van der Waals surface area contributed by atoms with Crippen molar-refractivity contribution in [3.63, 3.8) is 0 Å². The summed E-state index contributed by atoms with van der Waals surface area (Å²) < 4.78 is 4.73. The molecule has 56 valence electrons. The number of aromatic nitrogens is 1. The van der Waals surface area contributed by atoms with E-state index in [1.165, 1.54) is 6.39 Å². The highest BCUT2D eigenvalue weighted by Gasteiger charge is 1.92. The molecule has 4 nitrogen and oxygen atoms in total. The largest absolute Gasteiger partial charge is 0.451 e. The third-order valence-corrected chi connectivity index (χ3v) is 1.08. The first kappa shape index (κ1) is 7.24. The number of aliphatic hydroxyl groups is 1. The van der Waals surface area contributed by atoms with Crippen LogP contribution >= 0.6 is 0 Å². The number of oxazole rings is 1. The van der Waals surface area contributed by atoms with Crippen LogP contribution in [0.15, 0.2) is 17.1 Å². The fraction of sp³-hybridized carbons (Fsp3) is 0.500. The van der Waals surface area contributed by atoms with E-state index in [9.17, 15) is 0 Å². The molecular formula is C6H10N2O2.